The Bertz CT molecular complexity index is 371. The molecule has 1 aliphatic heterocycles. The third-order valence-electron chi connectivity index (χ3n) is 2.71. The summed E-state index contributed by atoms with van der Waals surface area (Å²) in [6.07, 6.45) is 3.98. The number of hydrogen-bond donors (Lipinski definition) is 0. The molecule has 0 fully saturated rings. The van der Waals surface area contributed by atoms with Gasteiger partial charge in [-0.3, -0.25) is 4.79 Å². The van der Waals surface area contributed by atoms with Crippen molar-refractivity contribution in [3.05, 3.63) is 29.3 Å². The molecule has 1 aliphatic rings. The number of carbonyl (C=O) groups excluding carboxylic acids is 1. The molecular formula is C13H16OS. The molecule has 1 heterocycles. The number of fused-ring (bicyclic) bond motifs is 1. The Balaban J connectivity index is 2.24. The zero-order valence-corrected chi connectivity index (χ0v) is 9.90. The van der Waals surface area contributed by atoms with E-state index in [0.717, 1.165) is 18.4 Å². The lowest BCUT2D eigenvalue weighted by atomic mass is 10.0. The maximum absolute atomic E-state index is 11.7. The Morgan fingerprint density at radius 3 is 3.13 bits per heavy atom. The van der Waals surface area contributed by atoms with Crippen LogP contribution in [0, 0.1) is 0 Å². The first kappa shape index (κ1) is 10.7. The highest BCUT2D eigenvalue weighted by Crippen LogP contribution is 2.30. The monoisotopic (exact) mass is 220 g/mol. The van der Waals surface area contributed by atoms with Gasteiger partial charge in [0.15, 0.2) is 5.78 Å². The minimum Gasteiger partial charge on any atom is -0.294 e. The highest BCUT2D eigenvalue weighted by Gasteiger charge is 2.12. The van der Waals surface area contributed by atoms with Crippen LogP contribution in [0.25, 0.3) is 0 Å². The van der Waals surface area contributed by atoms with Gasteiger partial charge >= 0.3 is 0 Å². The Hall–Kier alpha value is -0.760. The summed E-state index contributed by atoms with van der Waals surface area (Å²) in [6.45, 7) is 2.05. The highest BCUT2D eigenvalue weighted by molar-refractivity contribution is 7.99. The van der Waals surface area contributed by atoms with Gasteiger partial charge in [-0.1, -0.05) is 13.0 Å². The lowest BCUT2D eigenvalue weighted by Crippen LogP contribution is -2.03. The summed E-state index contributed by atoms with van der Waals surface area (Å²) in [6, 6.07) is 6.19. The SMILES string of the molecule is CCCC(=O)c1ccc2c(c1)CCCS2. The fraction of sp³-hybridized carbons (Fsp3) is 0.462. The minimum absolute atomic E-state index is 0.288. The van der Waals surface area contributed by atoms with Crippen LogP contribution in [-0.4, -0.2) is 11.5 Å². The van der Waals surface area contributed by atoms with E-state index >= 15 is 0 Å². The highest BCUT2D eigenvalue weighted by atomic mass is 32.2. The third kappa shape index (κ3) is 2.43. The van der Waals surface area contributed by atoms with E-state index in [4.69, 9.17) is 0 Å². The second-order valence-electron chi connectivity index (χ2n) is 3.95. The van der Waals surface area contributed by atoms with Gasteiger partial charge in [0.1, 0.15) is 0 Å². The summed E-state index contributed by atoms with van der Waals surface area (Å²) in [5, 5.41) is 0. The molecular weight excluding hydrogens is 204 g/mol. The van der Waals surface area contributed by atoms with Gasteiger partial charge in [0, 0.05) is 16.9 Å². The molecule has 0 spiro atoms. The van der Waals surface area contributed by atoms with Crippen LogP contribution < -0.4 is 0 Å². The van der Waals surface area contributed by atoms with Gasteiger partial charge in [0.25, 0.3) is 0 Å². The number of thioether (sulfide) groups is 1. The van der Waals surface area contributed by atoms with E-state index < -0.39 is 0 Å². The molecule has 0 bridgehead atoms. The van der Waals surface area contributed by atoms with Crippen LogP contribution in [0.15, 0.2) is 23.1 Å². The maximum Gasteiger partial charge on any atom is 0.162 e. The average Bonchev–Trinajstić information content (AvgIpc) is 2.29. The van der Waals surface area contributed by atoms with Crippen molar-refractivity contribution < 1.29 is 4.79 Å². The molecule has 0 saturated carbocycles. The van der Waals surface area contributed by atoms with Gasteiger partial charge in [-0.15, -0.1) is 11.8 Å². The molecule has 0 saturated heterocycles. The quantitative estimate of drug-likeness (QED) is 0.722. The number of hydrogen-bond acceptors (Lipinski definition) is 2. The van der Waals surface area contributed by atoms with Crippen molar-refractivity contribution in [2.45, 2.75) is 37.5 Å². The van der Waals surface area contributed by atoms with E-state index in [9.17, 15) is 4.79 Å². The van der Waals surface area contributed by atoms with E-state index in [0.29, 0.717) is 6.42 Å². The van der Waals surface area contributed by atoms with Gasteiger partial charge in [-0.25, -0.2) is 0 Å². The van der Waals surface area contributed by atoms with E-state index in [-0.39, 0.29) is 5.78 Å². The molecule has 1 nitrogen and oxygen atoms in total. The second-order valence-corrected chi connectivity index (χ2v) is 5.08. The van der Waals surface area contributed by atoms with Crippen molar-refractivity contribution in [2.24, 2.45) is 0 Å². The molecule has 0 unspecified atom stereocenters. The largest absolute Gasteiger partial charge is 0.294 e. The molecule has 15 heavy (non-hydrogen) atoms. The number of benzene rings is 1. The molecule has 0 aliphatic carbocycles. The Morgan fingerprint density at radius 1 is 1.47 bits per heavy atom. The molecule has 80 valence electrons. The summed E-state index contributed by atoms with van der Waals surface area (Å²) in [4.78, 5) is 13.1. The molecule has 2 rings (SSSR count). The molecule has 2 heteroatoms. The smallest absolute Gasteiger partial charge is 0.162 e. The van der Waals surface area contributed by atoms with Crippen molar-refractivity contribution in [1.82, 2.24) is 0 Å². The van der Waals surface area contributed by atoms with E-state index in [2.05, 4.69) is 12.1 Å². The maximum atomic E-state index is 11.7. The fourth-order valence-corrected chi connectivity index (χ4v) is 2.92. The van der Waals surface area contributed by atoms with Crippen molar-refractivity contribution in [1.29, 1.82) is 0 Å². The molecule has 0 radical (unpaired) electrons. The van der Waals surface area contributed by atoms with Crippen molar-refractivity contribution >= 4 is 17.5 Å². The Kier molecular flexibility index (Phi) is 3.47. The zero-order chi connectivity index (χ0) is 10.7. The summed E-state index contributed by atoms with van der Waals surface area (Å²) in [5.41, 5.74) is 2.27. The van der Waals surface area contributed by atoms with Crippen molar-refractivity contribution in [3.8, 4) is 0 Å². The van der Waals surface area contributed by atoms with Crippen LogP contribution in [0.2, 0.25) is 0 Å². The van der Waals surface area contributed by atoms with Gasteiger partial charge in [-0.05, 0) is 42.7 Å². The third-order valence-corrected chi connectivity index (χ3v) is 3.91. The van der Waals surface area contributed by atoms with Gasteiger partial charge in [0.2, 0.25) is 0 Å². The van der Waals surface area contributed by atoms with Crippen LogP contribution in [-0.2, 0) is 6.42 Å². The topological polar surface area (TPSA) is 17.1 Å². The lowest BCUT2D eigenvalue weighted by Gasteiger charge is -2.15. The summed E-state index contributed by atoms with van der Waals surface area (Å²) in [5.74, 6) is 1.51. The number of rotatable bonds is 3. The van der Waals surface area contributed by atoms with Gasteiger partial charge < -0.3 is 0 Å². The van der Waals surface area contributed by atoms with Crippen LogP contribution >= 0.6 is 11.8 Å². The average molecular weight is 220 g/mol. The van der Waals surface area contributed by atoms with Crippen LogP contribution in [0.5, 0.6) is 0 Å². The van der Waals surface area contributed by atoms with E-state index in [1.54, 1.807) is 0 Å². The number of ketones is 1. The second kappa shape index (κ2) is 4.84. The van der Waals surface area contributed by atoms with Gasteiger partial charge in [0.05, 0.1) is 0 Å². The van der Waals surface area contributed by atoms with E-state index in [1.165, 1.54) is 22.6 Å². The minimum atomic E-state index is 0.288. The lowest BCUT2D eigenvalue weighted by molar-refractivity contribution is 0.0981. The summed E-state index contributed by atoms with van der Waals surface area (Å²) < 4.78 is 0. The summed E-state index contributed by atoms with van der Waals surface area (Å²) >= 11 is 1.91. The zero-order valence-electron chi connectivity index (χ0n) is 9.08. The predicted molar refractivity (Wildman–Crippen MR) is 64.7 cm³/mol. The normalized spacial score (nSPS) is 14.7. The molecule has 0 N–H and O–H groups in total. The number of aryl methyl sites for hydroxylation is 1. The van der Waals surface area contributed by atoms with Gasteiger partial charge in [-0.2, -0.15) is 0 Å². The first-order chi connectivity index (χ1) is 7.31. The Morgan fingerprint density at radius 2 is 2.33 bits per heavy atom. The van der Waals surface area contributed by atoms with Crippen LogP contribution in [0.1, 0.15) is 42.1 Å². The Labute approximate surface area is 95.3 Å². The van der Waals surface area contributed by atoms with E-state index in [1.807, 2.05) is 24.8 Å². The summed E-state index contributed by atoms with van der Waals surface area (Å²) in [7, 11) is 0. The first-order valence-corrected chi connectivity index (χ1v) is 6.58. The van der Waals surface area contributed by atoms with Crippen molar-refractivity contribution in [3.63, 3.8) is 0 Å². The van der Waals surface area contributed by atoms with Crippen molar-refractivity contribution in [2.75, 3.05) is 5.75 Å². The first-order valence-electron chi connectivity index (χ1n) is 5.60. The van der Waals surface area contributed by atoms with Crippen LogP contribution in [0.4, 0.5) is 0 Å². The van der Waals surface area contributed by atoms with Crippen LogP contribution in [0.3, 0.4) is 0 Å². The molecule has 0 atom stereocenters. The molecule has 1 aromatic rings. The predicted octanol–water partition coefficient (Wildman–Crippen LogP) is 3.71. The number of Topliss-reactive ketones (excluding diaryl/α,β-unsaturated/α-hetero) is 1. The molecule has 1 aromatic carbocycles. The molecule has 0 amide bonds. The fourth-order valence-electron chi connectivity index (χ4n) is 1.91. The standard InChI is InChI=1S/C13H16OS/c1-2-4-12(14)10-6-7-13-11(9-10)5-3-8-15-13/h6-7,9H,2-5,8H2,1H3. The molecule has 0 aromatic heterocycles. The number of carbonyl (C=O) groups is 1.